The van der Waals surface area contributed by atoms with Crippen LogP contribution in [0.1, 0.15) is 11.8 Å². The first-order valence-corrected chi connectivity index (χ1v) is 5.75. The normalized spacial score (nSPS) is 20.9. The fraction of sp³-hybridized carbons (Fsp3) is 0.583. The lowest BCUT2D eigenvalue weighted by Crippen LogP contribution is -2.45. The van der Waals surface area contributed by atoms with Gasteiger partial charge in [-0.25, -0.2) is 0 Å². The molecule has 1 unspecified atom stereocenters. The van der Waals surface area contributed by atoms with Gasteiger partial charge in [0.2, 0.25) is 0 Å². The van der Waals surface area contributed by atoms with Gasteiger partial charge < -0.3 is 10.0 Å². The SMILES string of the molecule is CN1CCN(CC(O)c2ccccn2)CC1. The highest BCUT2D eigenvalue weighted by molar-refractivity contribution is 5.07. The van der Waals surface area contributed by atoms with Crippen LogP contribution in [0.4, 0.5) is 0 Å². The standard InChI is InChI=1S/C12H19N3O/c1-14-6-8-15(9-7-14)10-12(16)11-4-2-3-5-13-11/h2-5,12,16H,6-10H2,1H3. The van der Waals surface area contributed by atoms with Crippen LogP contribution in [0.5, 0.6) is 0 Å². The maximum atomic E-state index is 10.0. The molecule has 4 nitrogen and oxygen atoms in total. The molecular weight excluding hydrogens is 202 g/mol. The fourth-order valence-electron chi connectivity index (χ4n) is 1.94. The van der Waals surface area contributed by atoms with Gasteiger partial charge in [0.1, 0.15) is 6.10 Å². The van der Waals surface area contributed by atoms with Crippen molar-refractivity contribution in [3.63, 3.8) is 0 Å². The lowest BCUT2D eigenvalue weighted by atomic mass is 10.2. The van der Waals surface area contributed by atoms with E-state index in [-0.39, 0.29) is 0 Å². The van der Waals surface area contributed by atoms with E-state index in [0.29, 0.717) is 6.54 Å². The van der Waals surface area contributed by atoms with Gasteiger partial charge >= 0.3 is 0 Å². The minimum Gasteiger partial charge on any atom is -0.385 e. The van der Waals surface area contributed by atoms with Gasteiger partial charge in [-0.2, -0.15) is 0 Å². The summed E-state index contributed by atoms with van der Waals surface area (Å²) in [5.74, 6) is 0. The van der Waals surface area contributed by atoms with E-state index in [1.54, 1.807) is 6.20 Å². The molecule has 1 aliphatic heterocycles. The summed E-state index contributed by atoms with van der Waals surface area (Å²) in [5.41, 5.74) is 0.765. The summed E-state index contributed by atoms with van der Waals surface area (Å²) in [4.78, 5) is 8.77. The highest BCUT2D eigenvalue weighted by atomic mass is 16.3. The molecular formula is C12H19N3O. The van der Waals surface area contributed by atoms with Crippen LogP contribution < -0.4 is 0 Å². The number of aliphatic hydroxyl groups is 1. The Balaban J connectivity index is 1.86. The Morgan fingerprint density at radius 3 is 2.69 bits per heavy atom. The molecule has 0 spiro atoms. The van der Waals surface area contributed by atoms with Crippen molar-refractivity contribution in [1.82, 2.24) is 14.8 Å². The summed E-state index contributed by atoms with van der Waals surface area (Å²) >= 11 is 0. The van der Waals surface area contributed by atoms with E-state index in [1.807, 2.05) is 18.2 Å². The average Bonchev–Trinajstić information content (AvgIpc) is 2.33. The Kier molecular flexibility index (Phi) is 3.88. The number of aliphatic hydroxyl groups excluding tert-OH is 1. The molecule has 0 aliphatic carbocycles. The molecule has 2 rings (SSSR count). The Morgan fingerprint density at radius 2 is 2.06 bits per heavy atom. The van der Waals surface area contributed by atoms with Crippen LogP contribution in [0, 0.1) is 0 Å². The fourth-order valence-corrected chi connectivity index (χ4v) is 1.94. The third kappa shape index (κ3) is 3.01. The second kappa shape index (κ2) is 5.39. The predicted molar refractivity (Wildman–Crippen MR) is 63.1 cm³/mol. The molecule has 1 aromatic rings. The Labute approximate surface area is 96.5 Å². The smallest absolute Gasteiger partial charge is 0.109 e. The molecule has 1 aromatic heterocycles. The minimum absolute atomic E-state index is 0.468. The monoisotopic (exact) mass is 221 g/mol. The van der Waals surface area contributed by atoms with Crippen molar-refractivity contribution in [2.45, 2.75) is 6.10 Å². The molecule has 0 radical (unpaired) electrons. The summed E-state index contributed by atoms with van der Waals surface area (Å²) in [5, 5.41) is 10.0. The van der Waals surface area contributed by atoms with Crippen molar-refractivity contribution in [1.29, 1.82) is 0 Å². The van der Waals surface area contributed by atoms with Gasteiger partial charge in [0.05, 0.1) is 5.69 Å². The van der Waals surface area contributed by atoms with Gasteiger partial charge in [0.25, 0.3) is 0 Å². The number of likely N-dealkylation sites (N-methyl/N-ethyl adjacent to an activating group) is 1. The van der Waals surface area contributed by atoms with Gasteiger partial charge in [-0.1, -0.05) is 6.07 Å². The first-order valence-electron chi connectivity index (χ1n) is 5.75. The van der Waals surface area contributed by atoms with Gasteiger partial charge in [0, 0.05) is 38.9 Å². The second-order valence-corrected chi connectivity index (χ2v) is 4.37. The molecule has 88 valence electrons. The van der Waals surface area contributed by atoms with E-state index in [9.17, 15) is 5.11 Å². The van der Waals surface area contributed by atoms with E-state index < -0.39 is 6.10 Å². The molecule has 1 saturated heterocycles. The minimum atomic E-state index is -0.468. The summed E-state index contributed by atoms with van der Waals surface area (Å²) in [6.45, 7) is 4.90. The number of hydrogen-bond acceptors (Lipinski definition) is 4. The van der Waals surface area contributed by atoms with E-state index >= 15 is 0 Å². The third-order valence-corrected chi connectivity index (χ3v) is 3.06. The van der Waals surface area contributed by atoms with Crippen molar-refractivity contribution < 1.29 is 5.11 Å². The van der Waals surface area contributed by atoms with Crippen LogP contribution in [0.25, 0.3) is 0 Å². The highest BCUT2D eigenvalue weighted by Gasteiger charge is 2.18. The van der Waals surface area contributed by atoms with Crippen molar-refractivity contribution in [2.24, 2.45) is 0 Å². The van der Waals surface area contributed by atoms with E-state index in [4.69, 9.17) is 0 Å². The van der Waals surface area contributed by atoms with Crippen molar-refractivity contribution in [2.75, 3.05) is 39.8 Å². The largest absolute Gasteiger partial charge is 0.385 e. The van der Waals surface area contributed by atoms with Crippen LogP contribution in [0.2, 0.25) is 0 Å². The van der Waals surface area contributed by atoms with E-state index in [1.165, 1.54) is 0 Å². The zero-order chi connectivity index (χ0) is 11.4. The molecule has 16 heavy (non-hydrogen) atoms. The average molecular weight is 221 g/mol. The lowest BCUT2D eigenvalue weighted by Gasteiger charge is -2.33. The summed E-state index contributed by atoms with van der Waals surface area (Å²) in [7, 11) is 2.13. The Hall–Kier alpha value is -0.970. The van der Waals surface area contributed by atoms with Crippen LogP contribution >= 0.6 is 0 Å². The van der Waals surface area contributed by atoms with Crippen LogP contribution in [-0.4, -0.2) is 59.7 Å². The van der Waals surface area contributed by atoms with Crippen molar-refractivity contribution in [3.05, 3.63) is 30.1 Å². The molecule has 0 aromatic carbocycles. The van der Waals surface area contributed by atoms with Gasteiger partial charge in [0.15, 0.2) is 0 Å². The van der Waals surface area contributed by atoms with Crippen molar-refractivity contribution >= 4 is 0 Å². The number of piperazine rings is 1. The summed E-state index contributed by atoms with van der Waals surface area (Å²) in [6, 6.07) is 5.66. The predicted octanol–water partition coefficient (Wildman–Crippen LogP) is 0.362. The molecule has 1 aliphatic rings. The van der Waals surface area contributed by atoms with E-state index in [0.717, 1.165) is 31.9 Å². The Bertz CT molecular complexity index is 309. The molecule has 1 N–H and O–H groups in total. The van der Waals surface area contributed by atoms with Gasteiger partial charge in [-0.3, -0.25) is 9.88 Å². The van der Waals surface area contributed by atoms with E-state index in [2.05, 4.69) is 21.8 Å². The second-order valence-electron chi connectivity index (χ2n) is 4.37. The molecule has 0 saturated carbocycles. The topological polar surface area (TPSA) is 39.6 Å². The zero-order valence-electron chi connectivity index (χ0n) is 9.71. The molecule has 2 heterocycles. The number of nitrogens with zero attached hydrogens (tertiary/aromatic N) is 3. The molecule has 1 atom stereocenters. The first-order chi connectivity index (χ1) is 7.75. The number of pyridine rings is 1. The summed E-state index contributed by atoms with van der Waals surface area (Å²) in [6.07, 6.45) is 1.26. The van der Waals surface area contributed by atoms with Gasteiger partial charge in [-0.05, 0) is 19.2 Å². The zero-order valence-corrected chi connectivity index (χ0v) is 9.71. The molecule has 1 fully saturated rings. The first kappa shape index (κ1) is 11.5. The van der Waals surface area contributed by atoms with Crippen LogP contribution in [0.15, 0.2) is 24.4 Å². The highest BCUT2D eigenvalue weighted by Crippen LogP contribution is 2.12. The molecule has 4 heteroatoms. The van der Waals surface area contributed by atoms with Gasteiger partial charge in [-0.15, -0.1) is 0 Å². The summed E-state index contributed by atoms with van der Waals surface area (Å²) < 4.78 is 0. The number of aromatic nitrogens is 1. The maximum absolute atomic E-state index is 10.0. The molecule has 0 amide bonds. The molecule has 0 bridgehead atoms. The number of rotatable bonds is 3. The van der Waals surface area contributed by atoms with Crippen LogP contribution in [0.3, 0.4) is 0 Å². The quantitative estimate of drug-likeness (QED) is 0.800. The van der Waals surface area contributed by atoms with Crippen LogP contribution in [-0.2, 0) is 0 Å². The van der Waals surface area contributed by atoms with Crippen molar-refractivity contribution in [3.8, 4) is 0 Å². The lowest BCUT2D eigenvalue weighted by molar-refractivity contribution is 0.0783. The number of hydrogen-bond donors (Lipinski definition) is 1. The number of β-amino-alcohol motifs (C(OH)–C–C–N with tert-alkyl or cyclic N) is 1. The third-order valence-electron chi connectivity index (χ3n) is 3.06. The maximum Gasteiger partial charge on any atom is 0.109 e. The Morgan fingerprint density at radius 1 is 1.31 bits per heavy atom.